The van der Waals surface area contributed by atoms with Gasteiger partial charge < -0.3 is 9.64 Å². The Morgan fingerprint density at radius 3 is 2.50 bits per heavy atom. The molecular weight excluding hydrogens is 219 g/mol. The number of nitrogens with zero attached hydrogens (tertiary/aromatic N) is 1. The molecule has 1 atom stereocenters. The van der Waals surface area contributed by atoms with Gasteiger partial charge in [0.2, 0.25) is 0 Å². The van der Waals surface area contributed by atoms with Crippen LogP contribution in [0.1, 0.15) is 19.3 Å². The average Bonchev–Trinajstić information content (AvgIpc) is 2.75. The highest BCUT2D eigenvalue weighted by atomic mass is 19.4. The fraction of sp³-hybridized carbons (Fsp3) is 1.00. The van der Waals surface area contributed by atoms with Gasteiger partial charge in [-0.05, 0) is 25.8 Å². The number of likely N-dealkylation sites (tertiary alicyclic amines) is 1. The molecule has 2 rings (SSSR count). The predicted octanol–water partition coefficient (Wildman–Crippen LogP) is 2.30. The summed E-state index contributed by atoms with van der Waals surface area (Å²) in [5, 5.41) is 0. The Morgan fingerprint density at radius 2 is 2.06 bits per heavy atom. The van der Waals surface area contributed by atoms with Crippen molar-refractivity contribution < 1.29 is 17.9 Å². The predicted molar refractivity (Wildman–Crippen MR) is 54.1 cm³/mol. The van der Waals surface area contributed by atoms with E-state index in [1.807, 2.05) is 4.90 Å². The normalized spacial score (nSPS) is 29.6. The second kappa shape index (κ2) is 4.18. The largest absolute Gasteiger partial charge is 0.393 e. The van der Waals surface area contributed by atoms with Crippen LogP contribution in [0.15, 0.2) is 0 Å². The fourth-order valence-corrected chi connectivity index (χ4v) is 2.55. The lowest BCUT2D eigenvalue weighted by molar-refractivity contribution is -0.170. The number of halogens is 3. The lowest BCUT2D eigenvalue weighted by Gasteiger charge is -2.23. The van der Waals surface area contributed by atoms with Crippen molar-refractivity contribution in [2.24, 2.45) is 11.3 Å². The number of ether oxygens (including phenoxy) is 1. The average molecular weight is 237 g/mol. The second-order valence-corrected chi connectivity index (χ2v) is 5.20. The van der Waals surface area contributed by atoms with Crippen molar-refractivity contribution in [2.45, 2.75) is 25.4 Å². The van der Waals surface area contributed by atoms with Crippen LogP contribution in [0, 0.1) is 11.3 Å². The number of alkyl halides is 3. The summed E-state index contributed by atoms with van der Waals surface area (Å²) in [5.74, 6) is -1.12. The molecule has 0 aromatic rings. The molecule has 0 radical (unpaired) electrons. The topological polar surface area (TPSA) is 12.5 Å². The van der Waals surface area contributed by atoms with Gasteiger partial charge in [0.15, 0.2) is 0 Å². The van der Waals surface area contributed by atoms with Crippen molar-refractivity contribution in [1.82, 2.24) is 4.90 Å². The van der Waals surface area contributed by atoms with Crippen LogP contribution < -0.4 is 0 Å². The summed E-state index contributed by atoms with van der Waals surface area (Å²) in [5.41, 5.74) is 0.162. The van der Waals surface area contributed by atoms with E-state index in [1.54, 1.807) is 7.11 Å². The van der Waals surface area contributed by atoms with E-state index < -0.39 is 12.1 Å². The summed E-state index contributed by atoms with van der Waals surface area (Å²) < 4.78 is 42.6. The van der Waals surface area contributed by atoms with Crippen molar-refractivity contribution in [1.29, 1.82) is 0 Å². The molecule has 16 heavy (non-hydrogen) atoms. The Kier molecular flexibility index (Phi) is 3.18. The molecular formula is C11H18F3NO. The molecule has 0 aromatic heterocycles. The fourth-order valence-electron chi connectivity index (χ4n) is 2.55. The van der Waals surface area contributed by atoms with Crippen LogP contribution >= 0.6 is 0 Å². The molecule has 2 fully saturated rings. The van der Waals surface area contributed by atoms with E-state index in [2.05, 4.69) is 0 Å². The monoisotopic (exact) mass is 237 g/mol. The smallest absolute Gasteiger partial charge is 0.384 e. The van der Waals surface area contributed by atoms with E-state index in [9.17, 15) is 13.2 Å². The maximum absolute atomic E-state index is 12.5. The third-order valence-electron chi connectivity index (χ3n) is 3.70. The van der Waals surface area contributed by atoms with Crippen LogP contribution in [0.3, 0.4) is 0 Å². The summed E-state index contributed by atoms with van der Waals surface area (Å²) >= 11 is 0. The molecule has 0 N–H and O–H groups in total. The van der Waals surface area contributed by atoms with Gasteiger partial charge in [-0.2, -0.15) is 13.2 Å². The third-order valence-corrected chi connectivity index (χ3v) is 3.70. The zero-order valence-corrected chi connectivity index (χ0v) is 9.52. The van der Waals surface area contributed by atoms with Gasteiger partial charge in [-0.1, -0.05) is 0 Å². The second-order valence-electron chi connectivity index (χ2n) is 5.20. The third kappa shape index (κ3) is 2.69. The molecule has 2 aliphatic rings. The molecule has 1 saturated heterocycles. The summed E-state index contributed by atoms with van der Waals surface area (Å²) in [7, 11) is 1.66. The quantitative estimate of drug-likeness (QED) is 0.744. The molecule has 2 nitrogen and oxygen atoms in total. The highest BCUT2D eigenvalue weighted by Gasteiger charge is 2.48. The van der Waals surface area contributed by atoms with Crippen LogP contribution in [0.2, 0.25) is 0 Å². The van der Waals surface area contributed by atoms with Crippen molar-refractivity contribution in [3.63, 3.8) is 0 Å². The first-order valence-electron chi connectivity index (χ1n) is 5.73. The lowest BCUT2D eigenvalue weighted by Crippen LogP contribution is -2.33. The van der Waals surface area contributed by atoms with E-state index in [1.165, 1.54) is 0 Å². The Labute approximate surface area is 93.7 Å². The number of rotatable bonds is 4. The lowest BCUT2D eigenvalue weighted by atomic mass is 10.1. The summed E-state index contributed by atoms with van der Waals surface area (Å²) in [4.78, 5) is 1.95. The van der Waals surface area contributed by atoms with Crippen molar-refractivity contribution >= 4 is 0 Å². The molecule has 0 aromatic carbocycles. The SMILES string of the molecule is COCC1(CN2CC[C@@H](C(F)(F)F)C2)CC1. The number of methoxy groups -OCH3 is 1. The van der Waals surface area contributed by atoms with Crippen LogP contribution in [0.25, 0.3) is 0 Å². The van der Waals surface area contributed by atoms with Crippen LogP contribution in [-0.4, -0.2) is 44.4 Å². The van der Waals surface area contributed by atoms with E-state index in [4.69, 9.17) is 4.74 Å². The van der Waals surface area contributed by atoms with Gasteiger partial charge in [-0.3, -0.25) is 0 Å². The minimum Gasteiger partial charge on any atom is -0.384 e. The molecule has 1 saturated carbocycles. The number of hydrogen-bond donors (Lipinski definition) is 0. The van der Waals surface area contributed by atoms with Gasteiger partial charge in [-0.15, -0.1) is 0 Å². The van der Waals surface area contributed by atoms with E-state index in [0.29, 0.717) is 13.2 Å². The Morgan fingerprint density at radius 1 is 1.38 bits per heavy atom. The summed E-state index contributed by atoms with van der Waals surface area (Å²) in [6.07, 6.45) is -1.58. The highest BCUT2D eigenvalue weighted by molar-refractivity contribution is 4.97. The maximum Gasteiger partial charge on any atom is 0.393 e. The molecule has 94 valence electrons. The Bertz CT molecular complexity index is 250. The first-order chi connectivity index (χ1) is 7.45. The molecule has 0 amide bonds. The van der Waals surface area contributed by atoms with Gasteiger partial charge in [0.25, 0.3) is 0 Å². The molecule has 1 aliphatic heterocycles. The number of hydrogen-bond acceptors (Lipinski definition) is 2. The van der Waals surface area contributed by atoms with Gasteiger partial charge in [0.05, 0.1) is 12.5 Å². The molecule has 5 heteroatoms. The molecule has 1 heterocycles. The first kappa shape index (κ1) is 12.2. The van der Waals surface area contributed by atoms with Crippen LogP contribution in [-0.2, 0) is 4.74 Å². The minimum absolute atomic E-state index is 0.162. The van der Waals surface area contributed by atoms with Crippen LogP contribution in [0.5, 0.6) is 0 Å². The standard InChI is InChI=1S/C11H18F3NO/c1-16-8-10(3-4-10)7-15-5-2-9(6-15)11(12,13)14/h9H,2-8H2,1H3/t9-/m1/s1. The molecule has 0 unspecified atom stereocenters. The van der Waals surface area contributed by atoms with Gasteiger partial charge in [-0.25, -0.2) is 0 Å². The van der Waals surface area contributed by atoms with E-state index in [0.717, 1.165) is 19.4 Å². The van der Waals surface area contributed by atoms with E-state index in [-0.39, 0.29) is 18.4 Å². The van der Waals surface area contributed by atoms with Gasteiger partial charge in [0, 0.05) is 25.6 Å². The summed E-state index contributed by atoms with van der Waals surface area (Å²) in [6.45, 7) is 2.21. The van der Waals surface area contributed by atoms with E-state index >= 15 is 0 Å². The van der Waals surface area contributed by atoms with Crippen LogP contribution in [0.4, 0.5) is 13.2 Å². The van der Waals surface area contributed by atoms with Gasteiger partial charge in [0.1, 0.15) is 0 Å². The van der Waals surface area contributed by atoms with Crippen molar-refractivity contribution in [3.05, 3.63) is 0 Å². The molecule has 0 bridgehead atoms. The van der Waals surface area contributed by atoms with Gasteiger partial charge >= 0.3 is 6.18 Å². The zero-order valence-electron chi connectivity index (χ0n) is 9.52. The summed E-state index contributed by atoms with van der Waals surface area (Å²) in [6, 6.07) is 0. The maximum atomic E-state index is 12.5. The van der Waals surface area contributed by atoms with Crippen molar-refractivity contribution in [3.8, 4) is 0 Å². The highest BCUT2D eigenvalue weighted by Crippen LogP contribution is 2.47. The first-order valence-corrected chi connectivity index (χ1v) is 5.73. The Balaban J connectivity index is 1.81. The molecule has 1 aliphatic carbocycles. The minimum atomic E-state index is -4.02. The zero-order chi connectivity index (χ0) is 11.8. The van der Waals surface area contributed by atoms with Crippen molar-refractivity contribution in [2.75, 3.05) is 33.4 Å². The molecule has 0 spiro atoms. The Hall–Kier alpha value is -0.290.